The van der Waals surface area contributed by atoms with Gasteiger partial charge in [-0.2, -0.15) is 0 Å². The normalized spacial score (nSPS) is 15.4. The average molecular weight is 402 g/mol. The van der Waals surface area contributed by atoms with E-state index in [2.05, 4.69) is 44.3 Å². The van der Waals surface area contributed by atoms with Crippen LogP contribution in [0.25, 0.3) is 0 Å². The summed E-state index contributed by atoms with van der Waals surface area (Å²) in [4.78, 5) is 25.7. The fourth-order valence-corrected chi connectivity index (χ4v) is 3.35. The lowest BCUT2D eigenvalue weighted by molar-refractivity contribution is 0.0526. The first kappa shape index (κ1) is 20.6. The van der Waals surface area contributed by atoms with Gasteiger partial charge >= 0.3 is 5.97 Å². The molecule has 2 heterocycles. The summed E-state index contributed by atoms with van der Waals surface area (Å²) < 4.78 is 5.12. The molecule has 7 nitrogen and oxygen atoms in total. The Labute approximate surface area is 170 Å². The number of hydrogen-bond donors (Lipinski definition) is 1. The van der Waals surface area contributed by atoms with Crippen molar-refractivity contribution in [2.75, 3.05) is 51.4 Å². The van der Waals surface area contributed by atoms with Crippen LogP contribution in [0.3, 0.4) is 0 Å². The molecule has 1 aromatic carbocycles. The van der Waals surface area contributed by atoms with Crippen LogP contribution in [-0.2, 0) is 11.3 Å². The van der Waals surface area contributed by atoms with E-state index in [1.54, 1.807) is 6.92 Å². The maximum atomic E-state index is 12.2. The van der Waals surface area contributed by atoms with Crippen LogP contribution < -0.4 is 5.32 Å². The molecule has 0 saturated carbocycles. The lowest BCUT2D eigenvalue weighted by atomic mass is 10.1. The van der Waals surface area contributed by atoms with Gasteiger partial charge in [0, 0.05) is 44.6 Å². The molecule has 0 spiro atoms. The van der Waals surface area contributed by atoms with Crippen molar-refractivity contribution in [2.45, 2.75) is 18.6 Å². The average Bonchev–Trinajstić information content (AvgIpc) is 2.71. The summed E-state index contributed by atoms with van der Waals surface area (Å²) in [5, 5.41) is 3.84. The maximum Gasteiger partial charge on any atom is 0.343 e. The molecule has 0 bridgehead atoms. The van der Waals surface area contributed by atoms with Crippen molar-refractivity contribution in [3.05, 3.63) is 41.6 Å². The van der Waals surface area contributed by atoms with Crippen LogP contribution in [0.4, 0.5) is 11.5 Å². The number of nitrogens with zero attached hydrogens (tertiary/aromatic N) is 4. The summed E-state index contributed by atoms with van der Waals surface area (Å²) in [6.45, 7) is 7.45. The summed E-state index contributed by atoms with van der Waals surface area (Å²) in [6.07, 6.45) is 3.41. The number of aromatic nitrogens is 2. The third-order valence-electron chi connectivity index (χ3n) is 4.66. The molecule has 1 aliphatic rings. The summed E-state index contributed by atoms with van der Waals surface area (Å²) in [7, 11) is 2.16. The molecule has 8 heteroatoms. The predicted molar refractivity (Wildman–Crippen MR) is 112 cm³/mol. The minimum Gasteiger partial charge on any atom is -0.462 e. The largest absolute Gasteiger partial charge is 0.462 e. The number of nitrogens with one attached hydrogen (secondary N) is 1. The summed E-state index contributed by atoms with van der Waals surface area (Å²) in [6, 6.07) is 8.26. The molecule has 0 amide bonds. The van der Waals surface area contributed by atoms with Gasteiger partial charge in [-0.1, -0.05) is 23.9 Å². The molecule has 3 rings (SSSR count). The van der Waals surface area contributed by atoms with E-state index >= 15 is 0 Å². The Morgan fingerprint density at radius 3 is 2.57 bits per heavy atom. The van der Waals surface area contributed by atoms with Crippen LogP contribution in [0.15, 0.2) is 35.6 Å². The highest BCUT2D eigenvalue weighted by Gasteiger charge is 2.17. The highest BCUT2D eigenvalue weighted by molar-refractivity contribution is 7.98. The number of carbonyl (C=O) groups is 1. The second kappa shape index (κ2) is 9.86. The highest BCUT2D eigenvalue weighted by atomic mass is 32.2. The van der Waals surface area contributed by atoms with Crippen LogP contribution in [0.2, 0.25) is 0 Å². The molecule has 0 unspecified atom stereocenters. The Morgan fingerprint density at radius 1 is 1.21 bits per heavy atom. The number of carbonyl (C=O) groups excluding carboxylic acids is 1. The van der Waals surface area contributed by atoms with E-state index in [-0.39, 0.29) is 0 Å². The van der Waals surface area contributed by atoms with Crippen molar-refractivity contribution >= 4 is 29.2 Å². The van der Waals surface area contributed by atoms with E-state index in [4.69, 9.17) is 4.74 Å². The lowest BCUT2D eigenvalue weighted by Crippen LogP contribution is -2.43. The first-order valence-corrected chi connectivity index (χ1v) is 10.7. The molecule has 2 aromatic rings. The zero-order valence-electron chi connectivity index (χ0n) is 16.6. The van der Waals surface area contributed by atoms with E-state index in [1.165, 1.54) is 23.5 Å². The molecule has 0 radical (unpaired) electrons. The molecular weight excluding hydrogens is 374 g/mol. The maximum absolute atomic E-state index is 12.2. The monoisotopic (exact) mass is 401 g/mol. The van der Waals surface area contributed by atoms with Crippen molar-refractivity contribution in [1.82, 2.24) is 19.8 Å². The van der Waals surface area contributed by atoms with Crippen molar-refractivity contribution in [2.24, 2.45) is 0 Å². The first-order valence-electron chi connectivity index (χ1n) is 9.44. The van der Waals surface area contributed by atoms with Crippen LogP contribution in [-0.4, -0.2) is 71.8 Å². The zero-order chi connectivity index (χ0) is 19.9. The molecule has 0 atom stereocenters. The van der Waals surface area contributed by atoms with Crippen LogP contribution in [0, 0.1) is 0 Å². The molecule has 0 aliphatic carbocycles. The number of esters is 1. The van der Waals surface area contributed by atoms with Crippen molar-refractivity contribution < 1.29 is 9.53 Å². The quantitative estimate of drug-likeness (QED) is 0.431. The Balaban J connectivity index is 1.70. The minimum atomic E-state index is -0.427. The zero-order valence-corrected chi connectivity index (χ0v) is 17.5. The number of rotatable bonds is 7. The molecule has 1 aromatic heterocycles. The Bertz CT molecular complexity index is 792. The van der Waals surface area contributed by atoms with Gasteiger partial charge in [0.05, 0.1) is 6.61 Å². The Kier molecular flexibility index (Phi) is 7.24. The van der Waals surface area contributed by atoms with Crippen LogP contribution >= 0.6 is 11.8 Å². The van der Waals surface area contributed by atoms with Gasteiger partial charge in [0.25, 0.3) is 0 Å². The van der Waals surface area contributed by atoms with Gasteiger partial charge in [-0.3, -0.25) is 4.90 Å². The van der Waals surface area contributed by atoms with E-state index in [1.807, 2.05) is 18.4 Å². The van der Waals surface area contributed by atoms with Crippen LogP contribution in [0.5, 0.6) is 0 Å². The molecule has 1 saturated heterocycles. The van der Waals surface area contributed by atoms with Gasteiger partial charge in [-0.25, -0.2) is 14.8 Å². The fraction of sp³-hybridized carbons (Fsp3) is 0.450. The van der Waals surface area contributed by atoms with E-state index < -0.39 is 5.97 Å². The second-order valence-corrected chi connectivity index (χ2v) is 7.51. The van der Waals surface area contributed by atoms with Crippen molar-refractivity contribution in [3.63, 3.8) is 0 Å². The van der Waals surface area contributed by atoms with E-state index in [0.29, 0.717) is 23.1 Å². The number of hydrogen-bond acceptors (Lipinski definition) is 8. The number of ether oxygens (including phenoxy) is 1. The summed E-state index contributed by atoms with van der Waals surface area (Å²) in [5.74, 6) is 0.0361. The summed E-state index contributed by atoms with van der Waals surface area (Å²) in [5.41, 5.74) is 2.48. The molecule has 1 N–H and O–H groups in total. The van der Waals surface area contributed by atoms with E-state index in [9.17, 15) is 4.79 Å². The van der Waals surface area contributed by atoms with Gasteiger partial charge in [0.2, 0.25) is 0 Å². The van der Waals surface area contributed by atoms with Crippen LogP contribution in [0.1, 0.15) is 22.8 Å². The van der Waals surface area contributed by atoms with Crippen molar-refractivity contribution in [3.8, 4) is 0 Å². The topological polar surface area (TPSA) is 70.6 Å². The van der Waals surface area contributed by atoms with E-state index in [0.717, 1.165) is 38.4 Å². The number of piperazine rings is 1. The minimum absolute atomic E-state index is 0.309. The van der Waals surface area contributed by atoms with Gasteiger partial charge in [-0.15, -0.1) is 0 Å². The molecule has 1 fully saturated rings. The standard InChI is InChI=1S/C20H27N5O2S/c1-4-27-19(26)17-13-21-20(28-3)23-18(17)22-16-7-5-15(6-8-16)14-25-11-9-24(2)10-12-25/h5-8,13H,4,9-12,14H2,1-3H3,(H,21,22,23). The number of likely N-dealkylation sites (N-methyl/N-ethyl adjacent to an activating group) is 1. The molecule has 1 aliphatic heterocycles. The third-order valence-corrected chi connectivity index (χ3v) is 5.23. The number of thioether (sulfide) groups is 1. The smallest absolute Gasteiger partial charge is 0.343 e. The number of benzene rings is 1. The van der Waals surface area contributed by atoms with Gasteiger partial charge in [0.15, 0.2) is 5.16 Å². The third kappa shape index (κ3) is 5.43. The molecule has 150 valence electrons. The Hall–Kier alpha value is -2.16. The second-order valence-electron chi connectivity index (χ2n) is 6.74. The van der Waals surface area contributed by atoms with Gasteiger partial charge in [-0.05, 0) is 37.9 Å². The van der Waals surface area contributed by atoms with Gasteiger partial charge in [0.1, 0.15) is 11.4 Å². The summed E-state index contributed by atoms with van der Waals surface area (Å²) >= 11 is 1.43. The lowest BCUT2D eigenvalue weighted by Gasteiger charge is -2.32. The molecule has 28 heavy (non-hydrogen) atoms. The van der Waals surface area contributed by atoms with Gasteiger partial charge < -0.3 is 15.0 Å². The number of anilines is 2. The first-order chi connectivity index (χ1) is 13.6. The Morgan fingerprint density at radius 2 is 1.93 bits per heavy atom. The van der Waals surface area contributed by atoms with Crippen molar-refractivity contribution in [1.29, 1.82) is 0 Å². The predicted octanol–water partition coefficient (Wildman–Crippen LogP) is 2.87. The highest BCUT2D eigenvalue weighted by Crippen LogP contribution is 2.22. The fourth-order valence-electron chi connectivity index (χ4n) is 3.01. The SMILES string of the molecule is CCOC(=O)c1cnc(SC)nc1Nc1ccc(CN2CCN(C)CC2)cc1. The molecular formula is C20H27N5O2S.